The molecule has 0 fully saturated rings. The largest absolute Gasteiger partial charge is 0.494 e. The summed E-state index contributed by atoms with van der Waals surface area (Å²) in [6.45, 7) is 2.90. The summed E-state index contributed by atoms with van der Waals surface area (Å²) in [6, 6.07) is 18.7. The number of nitrogens with zero attached hydrogens (tertiary/aromatic N) is 2. The van der Waals surface area contributed by atoms with Crippen molar-refractivity contribution >= 4 is 17.5 Å². The van der Waals surface area contributed by atoms with E-state index in [4.69, 9.17) is 20.8 Å². The van der Waals surface area contributed by atoms with Crippen LogP contribution in [0.15, 0.2) is 71.3 Å². The molecule has 156 valence electrons. The Morgan fingerprint density at radius 1 is 1.13 bits per heavy atom. The van der Waals surface area contributed by atoms with Crippen molar-refractivity contribution in [1.29, 1.82) is 0 Å². The van der Waals surface area contributed by atoms with E-state index in [9.17, 15) is 4.79 Å². The highest BCUT2D eigenvalue weighted by atomic mass is 35.5. The van der Waals surface area contributed by atoms with Gasteiger partial charge in [-0.1, -0.05) is 35.9 Å². The first-order chi connectivity index (χ1) is 15.2. The van der Waals surface area contributed by atoms with E-state index in [0.717, 1.165) is 33.9 Å². The fraction of sp³-hybridized carbons (Fsp3) is 0.167. The third-order valence-corrected chi connectivity index (χ3v) is 5.65. The predicted molar refractivity (Wildman–Crippen MR) is 117 cm³/mol. The van der Waals surface area contributed by atoms with Crippen LogP contribution in [0.5, 0.6) is 5.75 Å². The summed E-state index contributed by atoms with van der Waals surface area (Å²) in [7, 11) is 0. The Bertz CT molecular complexity index is 1200. The molecule has 1 unspecified atom stereocenters. The van der Waals surface area contributed by atoms with Crippen LogP contribution in [0.25, 0.3) is 11.3 Å². The molecule has 2 aromatic carbocycles. The Labute approximate surface area is 184 Å². The van der Waals surface area contributed by atoms with Crippen molar-refractivity contribution in [2.75, 3.05) is 6.61 Å². The molecular formula is C24H20ClN3O3. The number of hydrogen-bond donors (Lipinski definition) is 1. The number of furan rings is 1. The number of aromatic amines is 1. The van der Waals surface area contributed by atoms with E-state index >= 15 is 0 Å². The molecule has 4 aromatic rings. The number of carbonyl (C=O) groups is 1. The molecule has 6 nitrogen and oxygen atoms in total. The second-order valence-corrected chi connectivity index (χ2v) is 7.72. The van der Waals surface area contributed by atoms with Gasteiger partial charge >= 0.3 is 0 Å². The number of aromatic nitrogens is 2. The van der Waals surface area contributed by atoms with Gasteiger partial charge in [0, 0.05) is 16.1 Å². The first-order valence-electron chi connectivity index (χ1n) is 10.1. The smallest absolute Gasteiger partial charge is 0.273 e. The first kappa shape index (κ1) is 19.5. The van der Waals surface area contributed by atoms with Gasteiger partial charge in [0.25, 0.3) is 5.91 Å². The van der Waals surface area contributed by atoms with Gasteiger partial charge in [0.05, 0.1) is 31.2 Å². The molecule has 0 radical (unpaired) electrons. The van der Waals surface area contributed by atoms with Gasteiger partial charge in [-0.2, -0.15) is 5.10 Å². The molecule has 31 heavy (non-hydrogen) atoms. The second-order valence-electron chi connectivity index (χ2n) is 7.28. The SMILES string of the molecule is CCOc1ccc(C2c3c(-c4ccc(Cl)cc4)n[nH]c3C(=O)N2Cc2ccco2)cc1. The lowest BCUT2D eigenvalue weighted by Crippen LogP contribution is -2.28. The highest BCUT2D eigenvalue weighted by Crippen LogP contribution is 2.43. The van der Waals surface area contributed by atoms with E-state index in [2.05, 4.69) is 10.2 Å². The minimum atomic E-state index is -0.312. The predicted octanol–water partition coefficient (Wildman–Crippen LogP) is 5.47. The van der Waals surface area contributed by atoms with Crippen LogP contribution >= 0.6 is 11.6 Å². The van der Waals surface area contributed by atoms with Crippen molar-refractivity contribution in [1.82, 2.24) is 15.1 Å². The molecule has 0 aliphatic carbocycles. The molecular weight excluding hydrogens is 414 g/mol. The minimum Gasteiger partial charge on any atom is -0.494 e. The van der Waals surface area contributed by atoms with Gasteiger partial charge in [-0.15, -0.1) is 0 Å². The summed E-state index contributed by atoms with van der Waals surface area (Å²) < 4.78 is 11.1. The molecule has 7 heteroatoms. The average Bonchev–Trinajstić information content (AvgIpc) is 3.50. The first-order valence-corrected chi connectivity index (χ1v) is 10.4. The molecule has 2 aromatic heterocycles. The normalized spacial score (nSPS) is 15.4. The van der Waals surface area contributed by atoms with E-state index < -0.39 is 0 Å². The van der Waals surface area contributed by atoms with Gasteiger partial charge in [-0.05, 0) is 48.9 Å². The minimum absolute atomic E-state index is 0.113. The molecule has 0 saturated carbocycles. The van der Waals surface area contributed by atoms with Crippen LogP contribution in [0.4, 0.5) is 0 Å². The standard InChI is InChI=1S/C24H20ClN3O3/c1-2-30-18-11-7-16(8-12-18)23-20-21(15-5-9-17(25)10-6-15)26-27-22(20)24(29)28(23)14-19-4-3-13-31-19/h3-13,23H,2,14H2,1H3,(H,26,27). The summed E-state index contributed by atoms with van der Waals surface area (Å²) in [4.78, 5) is 15.1. The Hall–Kier alpha value is -3.51. The molecule has 3 heterocycles. The molecule has 1 atom stereocenters. The van der Waals surface area contributed by atoms with Crippen LogP contribution in [-0.2, 0) is 6.54 Å². The van der Waals surface area contributed by atoms with Crippen molar-refractivity contribution in [2.45, 2.75) is 19.5 Å². The van der Waals surface area contributed by atoms with E-state index in [-0.39, 0.29) is 11.9 Å². The molecule has 1 aliphatic heterocycles. The van der Waals surface area contributed by atoms with Gasteiger partial charge in [-0.25, -0.2) is 0 Å². The Morgan fingerprint density at radius 3 is 2.58 bits per heavy atom. The summed E-state index contributed by atoms with van der Waals surface area (Å²) in [5.74, 6) is 1.40. The van der Waals surface area contributed by atoms with Gasteiger partial charge < -0.3 is 14.1 Å². The third-order valence-electron chi connectivity index (χ3n) is 5.39. The monoisotopic (exact) mass is 433 g/mol. The van der Waals surface area contributed by atoms with Crippen molar-refractivity contribution in [3.63, 3.8) is 0 Å². The summed E-state index contributed by atoms with van der Waals surface area (Å²) in [6.07, 6.45) is 1.61. The lowest BCUT2D eigenvalue weighted by molar-refractivity contribution is 0.0717. The Kier molecular flexibility index (Phi) is 5.00. The zero-order valence-electron chi connectivity index (χ0n) is 16.8. The van der Waals surface area contributed by atoms with Gasteiger partial charge in [-0.3, -0.25) is 9.89 Å². The number of amides is 1. The molecule has 0 saturated heterocycles. The van der Waals surface area contributed by atoms with Gasteiger partial charge in [0.15, 0.2) is 0 Å². The van der Waals surface area contributed by atoms with E-state index in [1.165, 1.54) is 0 Å². The molecule has 1 aliphatic rings. The zero-order valence-corrected chi connectivity index (χ0v) is 17.6. The third kappa shape index (κ3) is 3.49. The highest BCUT2D eigenvalue weighted by Gasteiger charge is 2.42. The fourth-order valence-electron chi connectivity index (χ4n) is 4.02. The topological polar surface area (TPSA) is 71.4 Å². The maximum Gasteiger partial charge on any atom is 0.273 e. The average molecular weight is 434 g/mol. The van der Waals surface area contributed by atoms with E-state index in [1.54, 1.807) is 11.2 Å². The van der Waals surface area contributed by atoms with Crippen LogP contribution in [0.1, 0.15) is 40.3 Å². The molecule has 5 rings (SSSR count). The van der Waals surface area contributed by atoms with Crippen LogP contribution in [0.2, 0.25) is 5.02 Å². The number of fused-ring (bicyclic) bond motifs is 1. The highest BCUT2D eigenvalue weighted by molar-refractivity contribution is 6.30. The summed E-state index contributed by atoms with van der Waals surface area (Å²) >= 11 is 6.07. The van der Waals surface area contributed by atoms with Crippen LogP contribution < -0.4 is 4.74 Å². The van der Waals surface area contributed by atoms with Crippen LogP contribution in [0.3, 0.4) is 0 Å². The summed E-state index contributed by atoms with van der Waals surface area (Å²) in [5, 5.41) is 8.09. The number of halogens is 1. The quantitative estimate of drug-likeness (QED) is 0.438. The van der Waals surface area contributed by atoms with Gasteiger partial charge in [0.1, 0.15) is 17.2 Å². The fourth-order valence-corrected chi connectivity index (χ4v) is 4.14. The Morgan fingerprint density at radius 2 is 1.90 bits per heavy atom. The maximum absolute atomic E-state index is 13.3. The second kappa shape index (κ2) is 7.96. The molecule has 1 amide bonds. The van der Waals surface area contributed by atoms with Crippen LogP contribution in [0, 0.1) is 0 Å². The number of ether oxygens (including phenoxy) is 1. The number of nitrogens with one attached hydrogen (secondary N) is 1. The Balaban J connectivity index is 1.61. The van der Waals surface area contributed by atoms with Crippen LogP contribution in [-0.4, -0.2) is 27.6 Å². The van der Waals surface area contributed by atoms with E-state index in [1.807, 2.05) is 67.6 Å². The van der Waals surface area contributed by atoms with Crippen molar-refractivity contribution in [3.8, 4) is 17.0 Å². The van der Waals surface area contributed by atoms with Crippen molar-refractivity contribution in [3.05, 3.63) is 94.5 Å². The molecule has 1 N–H and O–H groups in total. The lowest BCUT2D eigenvalue weighted by atomic mass is 9.96. The van der Waals surface area contributed by atoms with Crippen molar-refractivity contribution in [2.24, 2.45) is 0 Å². The van der Waals surface area contributed by atoms with E-state index in [0.29, 0.717) is 23.9 Å². The number of H-pyrrole nitrogens is 1. The zero-order chi connectivity index (χ0) is 21.4. The maximum atomic E-state index is 13.3. The summed E-state index contributed by atoms with van der Waals surface area (Å²) in [5.41, 5.74) is 3.95. The molecule has 0 bridgehead atoms. The van der Waals surface area contributed by atoms with Crippen molar-refractivity contribution < 1.29 is 13.9 Å². The number of rotatable bonds is 6. The number of hydrogen-bond acceptors (Lipinski definition) is 4. The molecule has 0 spiro atoms. The van der Waals surface area contributed by atoms with Gasteiger partial charge in [0.2, 0.25) is 0 Å². The lowest BCUT2D eigenvalue weighted by Gasteiger charge is -2.25. The number of carbonyl (C=O) groups excluding carboxylic acids is 1. The number of benzene rings is 2.